The van der Waals surface area contributed by atoms with Crippen LogP contribution < -0.4 is 0 Å². The average molecular weight is 423 g/mol. The third-order valence-electron chi connectivity index (χ3n) is 5.86. The van der Waals surface area contributed by atoms with Crippen LogP contribution in [-0.4, -0.2) is 33.8 Å². The molecule has 0 saturated carbocycles. The number of aromatic nitrogens is 4. The molecule has 6 heteroatoms. The Balaban J connectivity index is 2.25. The monoisotopic (exact) mass is 422 g/mol. The fraction of sp³-hybridized carbons (Fsp3) is 0.435. The lowest BCUT2D eigenvalue weighted by Crippen LogP contribution is -2.43. The number of thioether (sulfide) groups is 1. The summed E-state index contributed by atoms with van der Waals surface area (Å²) in [5.41, 5.74) is 7.26. The first-order valence-corrected chi connectivity index (χ1v) is 13.6. The summed E-state index contributed by atoms with van der Waals surface area (Å²) < 4.78 is 2.00. The summed E-state index contributed by atoms with van der Waals surface area (Å²) in [6.45, 7) is 14.0. The molecule has 0 fully saturated rings. The molecule has 0 N–H and O–H groups in total. The molecule has 0 radical (unpaired) electrons. The molecule has 0 bridgehead atoms. The molecule has 152 valence electrons. The number of rotatable bonds is 5. The van der Waals surface area contributed by atoms with Crippen molar-refractivity contribution in [2.45, 2.75) is 63.3 Å². The van der Waals surface area contributed by atoms with Crippen molar-refractivity contribution < 1.29 is 0 Å². The minimum absolute atomic E-state index is 0.589. The summed E-state index contributed by atoms with van der Waals surface area (Å²) in [7, 11) is -1.83. The van der Waals surface area contributed by atoms with Crippen LogP contribution in [0.3, 0.4) is 0 Å². The molecule has 0 atom stereocenters. The maximum absolute atomic E-state index is 4.78. The van der Waals surface area contributed by atoms with Gasteiger partial charge in [-0.1, -0.05) is 59.2 Å². The van der Waals surface area contributed by atoms with Crippen LogP contribution in [0.15, 0.2) is 41.9 Å². The van der Waals surface area contributed by atoms with Gasteiger partial charge >= 0.3 is 0 Å². The van der Waals surface area contributed by atoms with Crippen LogP contribution in [0.1, 0.15) is 47.1 Å². The number of pyridine rings is 1. The Morgan fingerprint density at radius 3 is 2.14 bits per heavy atom. The first-order valence-electron chi connectivity index (χ1n) is 10.2. The Morgan fingerprint density at radius 2 is 1.59 bits per heavy atom. The highest BCUT2D eigenvalue weighted by atomic mass is 32.2. The molecule has 3 heterocycles. The van der Waals surface area contributed by atoms with E-state index < -0.39 is 8.07 Å². The summed E-state index contributed by atoms with van der Waals surface area (Å²) in [5, 5.41) is 1.65. The van der Waals surface area contributed by atoms with Crippen LogP contribution in [-0.2, 0) is 0 Å². The van der Waals surface area contributed by atoms with Gasteiger partial charge in [-0.2, -0.15) is 0 Å². The zero-order valence-corrected chi connectivity index (χ0v) is 20.2. The molecule has 3 rings (SSSR count). The molecule has 0 aliphatic heterocycles. The van der Waals surface area contributed by atoms with Gasteiger partial charge in [0.1, 0.15) is 13.9 Å². The van der Waals surface area contributed by atoms with Crippen LogP contribution in [0, 0.1) is 11.5 Å². The lowest BCUT2D eigenvalue weighted by molar-refractivity contribution is 0.838. The Hall–Kier alpha value is -2.10. The van der Waals surface area contributed by atoms with E-state index in [9.17, 15) is 0 Å². The zero-order valence-electron chi connectivity index (χ0n) is 18.4. The second-order valence-electron chi connectivity index (χ2n) is 8.36. The Morgan fingerprint density at radius 1 is 0.966 bits per heavy atom. The van der Waals surface area contributed by atoms with Crippen molar-refractivity contribution in [3.05, 3.63) is 42.4 Å². The van der Waals surface area contributed by atoms with E-state index in [1.165, 1.54) is 11.8 Å². The summed E-state index contributed by atoms with van der Waals surface area (Å²) in [6, 6.07) is 6.06. The molecule has 0 aliphatic carbocycles. The van der Waals surface area contributed by atoms with Gasteiger partial charge in [-0.3, -0.25) is 0 Å². The van der Waals surface area contributed by atoms with Gasteiger partial charge in [0.25, 0.3) is 0 Å². The van der Waals surface area contributed by atoms with Crippen LogP contribution in [0.5, 0.6) is 0 Å². The summed E-state index contributed by atoms with van der Waals surface area (Å²) in [4.78, 5) is 13.9. The molecule has 0 aromatic carbocycles. The lowest BCUT2D eigenvalue weighted by Gasteiger charge is -2.38. The number of hydrogen-bond acceptors (Lipinski definition) is 4. The predicted molar refractivity (Wildman–Crippen MR) is 126 cm³/mol. The van der Waals surface area contributed by atoms with Gasteiger partial charge in [0.05, 0.1) is 5.39 Å². The van der Waals surface area contributed by atoms with Crippen LogP contribution in [0.2, 0.25) is 16.6 Å². The fourth-order valence-corrected chi connectivity index (χ4v) is 9.96. The summed E-state index contributed by atoms with van der Waals surface area (Å²) >= 11 is 1.52. The Kier molecular flexibility index (Phi) is 6.50. The van der Waals surface area contributed by atoms with Crippen molar-refractivity contribution in [3.8, 4) is 17.3 Å². The molecule has 0 amide bonds. The molecular formula is C23H30N4SSi. The molecule has 29 heavy (non-hydrogen) atoms. The first-order chi connectivity index (χ1) is 13.8. The van der Waals surface area contributed by atoms with E-state index in [4.69, 9.17) is 4.98 Å². The van der Waals surface area contributed by atoms with Crippen molar-refractivity contribution in [2.24, 2.45) is 0 Å². The molecule has 0 unspecified atom stereocenters. The highest BCUT2D eigenvalue weighted by Gasteiger charge is 2.41. The topological polar surface area (TPSA) is 43.6 Å². The first kappa shape index (κ1) is 21.6. The smallest absolute Gasteiger partial charge is 0.189 e. The molecule has 0 saturated heterocycles. The van der Waals surface area contributed by atoms with Gasteiger partial charge in [-0.05, 0) is 41.1 Å². The number of nitrogens with zero attached hydrogens (tertiary/aromatic N) is 4. The minimum atomic E-state index is -1.83. The van der Waals surface area contributed by atoms with Gasteiger partial charge in [-0.25, -0.2) is 15.0 Å². The third kappa shape index (κ3) is 4.12. The average Bonchev–Trinajstić information content (AvgIpc) is 3.21. The van der Waals surface area contributed by atoms with Gasteiger partial charge in [-0.15, -0.1) is 5.54 Å². The normalized spacial score (nSPS) is 12.1. The van der Waals surface area contributed by atoms with E-state index >= 15 is 0 Å². The zero-order chi connectivity index (χ0) is 21.2. The van der Waals surface area contributed by atoms with E-state index in [1.807, 2.05) is 41.5 Å². The highest BCUT2D eigenvalue weighted by Crippen LogP contribution is 2.40. The third-order valence-corrected chi connectivity index (χ3v) is 12.7. The van der Waals surface area contributed by atoms with E-state index in [1.54, 1.807) is 0 Å². The maximum atomic E-state index is 4.78. The van der Waals surface area contributed by atoms with Crippen LogP contribution in [0.4, 0.5) is 0 Å². The van der Waals surface area contributed by atoms with Gasteiger partial charge in [0.2, 0.25) is 0 Å². The van der Waals surface area contributed by atoms with Crippen LogP contribution >= 0.6 is 11.8 Å². The molecule has 0 spiro atoms. The molecular weight excluding hydrogens is 392 g/mol. The van der Waals surface area contributed by atoms with Crippen molar-refractivity contribution in [1.82, 2.24) is 19.5 Å². The van der Waals surface area contributed by atoms with Crippen molar-refractivity contribution >= 4 is 30.9 Å². The Labute approximate surface area is 179 Å². The maximum Gasteiger partial charge on any atom is 0.189 e. The second kappa shape index (κ2) is 8.72. The largest absolute Gasteiger partial charge is 0.309 e. The number of hydrogen-bond donors (Lipinski definition) is 0. The fourth-order valence-electron chi connectivity index (χ4n) is 4.41. The van der Waals surface area contributed by atoms with E-state index in [-0.39, 0.29) is 0 Å². The Bertz CT molecular complexity index is 1020. The molecule has 3 aromatic heterocycles. The van der Waals surface area contributed by atoms with E-state index in [2.05, 4.69) is 69.0 Å². The molecule has 0 aliphatic rings. The molecule has 3 aromatic rings. The van der Waals surface area contributed by atoms with E-state index in [0.717, 1.165) is 21.9 Å². The number of fused-ring (bicyclic) bond motifs is 1. The lowest BCUT2D eigenvalue weighted by atomic mass is 10.2. The predicted octanol–water partition coefficient (Wildman–Crippen LogP) is 6.11. The van der Waals surface area contributed by atoms with Crippen molar-refractivity contribution in [1.29, 1.82) is 0 Å². The quantitative estimate of drug-likeness (QED) is 0.215. The summed E-state index contributed by atoms with van der Waals surface area (Å²) in [6.07, 6.45) is 7.84. The van der Waals surface area contributed by atoms with Gasteiger partial charge in [0, 0.05) is 24.2 Å². The van der Waals surface area contributed by atoms with Crippen molar-refractivity contribution in [3.63, 3.8) is 0 Å². The summed E-state index contributed by atoms with van der Waals surface area (Å²) in [5.74, 6) is 4.42. The molecule has 4 nitrogen and oxygen atoms in total. The SMILES string of the molecule is CSc1ncc2c(C#C[Si](C(C)C)(C(C)C)C(C)C)cc(-n3cccc3)nc2n1. The van der Waals surface area contributed by atoms with Crippen LogP contribution in [0.25, 0.3) is 16.9 Å². The second-order valence-corrected chi connectivity index (χ2v) is 14.7. The van der Waals surface area contributed by atoms with E-state index in [0.29, 0.717) is 22.3 Å². The van der Waals surface area contributed by atoms with Gasteiger partial charge < -0.3 is 4.57 Å². The van der Waals surface area contributed by atoms with Gasteiger partial charge in [0.15, 0.2) is 10.8 Å². The van der Waals surface area contributed by atoms with Crippen molar-refractivity contribution in [2.75, 3.05) is 6.26 Å². The highest BCUT2D eigenvalue weighted by molar-refractivity contribution is 7.98. The minimum Gasteiger partial charge on any atom is -0.309 e. The standard InChI is InChI=1S/C23H30N4SSi/c1-16(2)29(17(3)4,18(5)6)13-10-19-14-21(27-11-8-9-12-27)25-22-20(19)15-24-23(26-22)28-7/h8-9,11-12,14-18H,1-7H3.